The number of hydroxylamine groups is 3. The van der Waals surface area contributed by atoms with Crippen molar-refractivity contribution in [2.24, 2.45) is 7.05 Å². The van der Waals surface area contributed by atoms with Crippen LogP contribution < -0.4 is 5.48 Å². The molecule has 0 aromatic carbocycles. The van der Waals surface area contributed by atoms with E-state index < -0.39 is 34.4 Å². The van der Waals surface area contributed by atoms with E-state index in [1.807, 2.05) is 0 Å². The Labute approximate surface area is 143 Å². The van der Waals surface area contributed by atoms with Gasteiger partial charge < -0.3 is 9.47 Å². The topological polar surface area (TPSA) is 143 Å². The molecule has 25 heavy (non-hydrogen) atoms. The van der Waals surface area contributed by atoms with Crippen molar-refractivity contribution >= 4 is 22.3 Å². The minimum absolute atomic E-state index is 0.101. The number of urea groups is 1. The summed E-state index contributed by atoms with van der Waals surface area (Å²) < 4.78 is 36.4. The summed E-state index contributed by atoms with van der Waals surface area (Å²) in [6.45, 7) is 0.220. The fourth-order valence-corrected chi connectivity index (χ4v) is 3.27. The quantitative estimate of drug-likeness (QED) is 0.475. The van der Waals surface area contributed by atoms with Crippen LogP contribution in [0, 0.1) is 0 Å². The van der Waals surface area contributed by atoms with E-state index in [2.05, 4.69) is 14.7 Å². The molecule has 3 amide bonds. The number of hydrogen-bond donors (Lipinski definition) is 2. The lowest BCUT2D eigenvalue weighted by Crippen LogP contribution is -2.49. The number of amides is 3. The van der Waals surface area contributed by atoms with E-state index in [9.17, 15) is 18.0 Å². The highest BCUT2D eigenvalue weighted by Crippen LogP contribution is 2.30. The molecule has 0 spiro atoms. The monoisotopic (exact) mass is 375 g/mol. The second-order valence-electron chi connectivity index (χ2n) is 5.76. The number of fused-ring (bicyclic) bond motifs is 2. The molecule has 0 aliphatic carbocycles. The van der Waals surface area contributed by atoms with Crippen molar-refractivity contribution < 1.29 is 31.7 Å². The van der Waals surface area contributed by atoms with Crippen LogP contribution in [0.4, 0.5) is 4.79 Å². The highest BCUT2D eigenvalue weighted by Gasteiger charge is 2.49. The molecule has 138 valence electrons. The Balaban J connectivity index is 1.58. The molecule has 3 rings (SSSR count). The van der Waals surface area contributed by atoms with Gasteiger partial charge in [-0.05, 0) is 12.8 Å². The van der Waals surface area contributed by atoms with Crippen LogP contribution in [-0.2, 0) is 38.0 Å². The van der Waals surface area contributed by atoms with Crippen LogP contribution in [-0.4, -0.2) is 63.1 Å². The third-order valence-electron chi connectivity index (χ3n) is 4.11. The molecule has 1 aromatic rings. The lowest BCUT2D eigenvalue weighted by atomic mass is 10.0. The lowest BCUT2D eigenvalue weighted by molar-refractivity contribution is -0.140. The van der Waals surface area contributed by atoms with Gasteiger partial charge in [-0.25, -0.2) is 15.3 Å². The van der Waals surface area contributed by atoms with Crippen LogP contribution in [0.15, 0.2) is 12.5 Å². The Morgan fingerprint density at radius 3 is 2.88 bits per heavy atom. The van der Waals surface area contributed by atoms with Crippen LogP contribution in [0.1, 0.15) is 18.5 Å². The van der Waals surface area contributed by atoms with Crippen molar-refractivity contribution in [3.63, 3.8) is 0 Å². The fourth-order valence-electron chi connectivity index (χ4n) is 2.88. The number of aromatic nitrogens is 2. The second-order valence-corrected chi connectivity index (χ2v) is 6.77. The van der Waals surface area contributed by atoms with Crippen LogP contribution >= 0.6 is 0 Å². The lowest BCUT2D eigenvalue weighted by Gasteiger charge is -2.28. The third-order valence-corrected chi connectivity index (χ3v) is 4.46. The van der Waals surface area contributed by atoms with E-state index in [1.54, 1.807) is 24.1 Å². The molecule has 2 aliphatic heterocycles. The highest BCUT2D eigenvalue weighted by atomic mass is 32.3. The van der Waals surface area contributed by atoms with Gasteiger partial charge in [0.1, 0.15) is 12.6 Å². The summed E-state index contributed by atoms with van der Waals surface area (Å²) in [5.74, 6) is -0.525. The van der Waals surface area contributed by atoms with Gasteiger partial charge in [-0.3, -0.25) is 14.2 Å². The molecule has 2 bridgehead atoms. The fraction of sp³-hybridized carbons (Fsp3) is 0.583. The van der Waals surface area contributed by atoms with Gasteiger partial charge in [-0.15, -0.1) is 4.28 Å². The first-order valence-electron chi connectivity index (χ1n) is 7.40. The van der Waals surface area contributed by atoms with Gasteiger partial charge >= 0.3 is 16.4 Å². The van der Waals surface area contributed by atoms with Gasteiger partial charge in [0.2, 0.25) is 0 Å². The van der Waals surface area contributed by atoms with E-state index in [-0.39, 0.29) is 13.2 Å². The van der Waals surface area contributed by atoms with Crippen molar-refractivity contribution in [1.29, 1.82) is 0 Å². The van der Waals surface area contributed by atoms with Gasteiger partial charge in [0.25, 0.3) is 5.91 Å². The zero-order chi connectivity index (χ0) is 18.2. The average Bonchev–Trinajstić information content (AvgIpc) is 3.04. The Morgan fingerprint density at radius 2 is 2.24 bits per heavy atom. The summed E-state index contributed by atoms with van der Waals surface area (Å²) in [5, 5.41) is 0.582. The number of hydrogen-bond acceptors (Lipinski definition) is 7. The molecule has 2 aliphatic rings. The number of piperidine rings is 1. The van der Waals surface area contributed by atoms with Gasteiger partial charge in [-0.2, -0.15) is 13.5 Å². The van der Waals surface area contributed by atoms with E-state index in [4.69, 9.17) is 9.39 Å². The molecule has 13 heteroatoms. The molecule has 0 radical (unpaired) electrons. The zero-order valence-corrected chi connectivity index (χ0v) is 14.0. The number of imidazole rings is 1. The standard InChI is InChI=1S/C12H17N5O7S/c1-15-7-13-4-9(15)6-23-14-11(18)10-3-2-8-5-16(10)12(19)17(8)24-25(20,21)22/h4,7-8,10H,2-3,5-6H2,1H3,(H,14,18)(H,20,21,22). The maximum atomic E-state index is 12.3. The smallest absolute Gasteiger partial charge is 0.336 e. The predicted molar refractivity (Wildman–Crippen MR) is 79.5 cm³/mol. The van der Waals surface area contributed by atoms with E-state index in [0.717, 1.165) is 5.69 Å². The van der Waals surface area contributed by atoms with Gasteiger partial charge in [-0.1, -0.05) is 0 Å². The normalized spacial score (nSPS) is 23.2. The molecule has 2 saturated heterocycles. The maximum absolute atomic E-state index is 12.3. The Morgan fingerprint density at radius 1 is 1.48 bits per heavy atom. The SMILES string of the molecule is Cn1cncc1CONC(=O)C1CCC2CN1C(=O)N2OS(=O)(=O)O. The Bertz CT molecular complexity index is 779. The number of rotatable bonds is 6. The van der Waals surface area contributed by atoms with Crippen molar-refractivity contribution in [3.8, 4) is 0 Å². The van der Waals surface area contributed by atoms with Crippen LogP contribution in [0.2, 0.25) is 0 Å². The molecule has 2 fully saturated rings. The highest BCUT2D eigenvalue weighted by molar-refractivity contribution is 7.80. The molecule has 0 saturated carbocycles. The first kappa shape index (κ1) is 17.6. The number of carbonyl (C=O) groups is 2. The summed E-state index contributed by atoms with van der Waals surface area (Å²) in [6, 6.07) is -2.16. The number of carbonyl (C=O) groups excluding carboxylic acids is 2. The summed E-state index contributed by atoms with van der Waals surface area (Å²) in [4.78, 5) is 34.7. The number of nitrogens with zero attached hydrogens (tertiary/aromatic N) is 4. The summed E-state index contributed by atoms with van der Waals surface area (Å²) in [7, 11) is -3.04. The molecule has 12 nitrogen and oxygen atoms in total. The zero-order valence-electron chi connectivity index (χ0n) is 13.2. The van der Waals surface area contributed by atoms with Gasteiger partial charge in [0.05, 0.1) is 24.3 Å². The van der Waals surface area contributed by atoms with E-state index in [0.29, 0.717) is 17.9 Å². The van der Waals surface area contributed by atoms with Gasteiger partial charge in [0, 0.05) is 13.6 Å². The number of aryl methyl sites for hydroxylation is 1. The second kappa shape index (κ2) is 6.59. The minimum Gasteiger partial charge on any atom is -0.336 e. The molecule has 2 atom stereocenters. The van der Waals surface area contributed by atoms with Crippen molar-refractivity contribution in [1.82, 2.24) is 25.0 Å². The first-order valence-corrected chi connectivity index (χ1v) is 8.76. The molecule has 2 N–H and O–H groups in total. The Hall–Kier alpha value is -2.22. The molecule has 2 unspecified atom stereocenters. The van der Waals surface area contributed by atoms with E-state index >= 15 is 0 Å². The number of nitrogens with one attached hydrogen (secondary N) is 1. The summed E-state index contributed by atoms with van der Waals surface area (Å²) in [6.07, 6.45) is 3.83. The molecule has 3 heterocycles. The molecular formula is C12H17N5O7S. The first-order chi connectivity index (χ1) is 11.8. The Kier molecular flexibility index (Phi) is 4.64. The van der Waals surface area contributed by atoms with Crippen LogP contribution in [0.25, 0.3) is 0 Å². The van der Waals surface area contributed by atoms with Crippen LogP contribution in [0.5, 0.6) is 0 Å². The third kappa shape index (κ3) is 3.73. The van der Waals surface area contributed by atoms with Crippen LogP contribution in [0.3, 0.4) is 0 Å². The molecule has 1 aromatic heterocycles. The van der Waals surface area contributed by atoms with E-state index in [1.165, 1.54) is 4.90 Å². The van der Waals surface area contributed by atoms with Crippen molar-refractivity contribution in [3.05, 3.63) is 18.2 Å². The minimum atomic E-state index is -4.82. The van der Waals surface area contributed by atoms with Crippen molar-refractivity contribution in [2.75, 3.05) is 6.54 Å². The van der Waals surface area contributed by atoms with Crippen molar-refractivity contribution in [2.45, 2.75) is 31.5 Å². The predicted octanol–water partition coefficient (Wildman–Crippen LogP) is -1.03. The molecular weight excluding hydrogens is 358 g/mol. The van der Waals surface area contributed by atoms with Gasteiger partial charge in [0.15, 0.2) is 0 Å². The largest absolute Gasteiger partial charge is 0.418 e. The summed E-state index contributed by atoms with van der Waals surface area (Å²) in [5.41, 5.74) is 3.03. The average molecular weight is 375 g/mol. The summed E-state index contributed by atoms with van der Waals surface area (Å²) >= 11 is 0. The maximum Gasteiger partial charge on any atom is 0.418 e.